The third kappa shape index (κ3) is 3.95. The highest BCUT2D eigenvalue weighted by Gasteiger charge is 2.36. The standard InChI is InChI=1S/C11H24OSSi/c1-5-13-11(12-14(2,3)4)9-7-6-8-10-11/h5-10H2,1-4H3. The lowest BCUT2D eigenvalue weighted by atomic mass is 9.97. The van der Waals surface area contributed by atoms with E-state index >= 15 is 0 Å². The first-order valence-electron chi connectivity index (χ1n) is 5.82. The van der Waals surface area contributed by atoms with Gasteiger partial charge in [-0.25, -0.2) is 0 Å². The van der Waals surface area contributed by atoms with E-state index in [1.807, 2.05) is 11.8 Å². The Morgan fingerprint density at radius 2 is 1.71 bits per heavy atom. The minimum atomic E-state index is -1.38. The summed E-state index contributed by atoms with van der Waals surface area (Å²) in [5.41, 5.74) is 0. The molecule has 0 N–H and O–H groups in total. The van der Waals surface area contributed by atoms with E-state index in [0.717, 1.165) is 0 Å². The molecule has 0 bridgehead atoms. The summed E-state index contributed by atoms with van der Waals surface area (Å²) in [4.78, 5) is 0.192. The van der Waals surface area contributed by atoms with Crippen molar-refractivity contribution in [3.63, 3.8) is 0 Å². The van der Waals surface area contributed by atoms with Crippen molar-refractivity contribution in [1.29, 1.82) is 0 Å². The monoisotopic (exact) mass is 232 g/mol. The molecule has 1 aliphatic carbocycles. The predicted octanol–water partition coefficient (Wildman–Crippen LogP) is 4.25. The predicted molar refractivity (Wildman–Crippen MR) is 68.4 cm³/mol. The summed E-state index contributed by atoms with van der Waals surface area (Å²) in [7, 11) is -1.38. The number of hydrogen-bond donors (Lipinski definition) is 0. The third-order valence-corrected chi connectivity index (χ3v) is 4.97. The molecular formula is C11H24OSSi. The SMILES string of the molecule is CCSC1(O[Si](C)(C)C)CCCCC1. The van der Waals surface area contributed by atoms with Gasteiger partial charge in [0.15, 0.2) is 8.32 Å². The van der Waals surface area contributed by atoms with Crippen LogP contribution in [0, 0.1) is 0 Å². The second-order valence-electron chi connectivity index (χ2n) is 5.12. The van der Waals surface area contributed by atoms with Crippen LogP contribution >= 0.6 is 11.8 Å². The fourth-order valence-electron chi connectivity index (χ4n) is 2.19. The Morgan fingerprint density at radius 1 is 1.14 bits per heavy atom. The molecule has 1 aliphatic rings. The molecule has 0 heterocycles. The minimum absolute atomic E-state index is 0.192. The molecule has 0 atom stereocenters. The number of hydrogen-bond acceptors (Lipinski definition) is 2. The number of thioether (sulfide) groups is 1. The van der Waals surface area contributed by atoms with Crippen LogP contribution in [-0.4, -0.2) is 19.0 Å². The molecule has 84 valence electrons. The zero-order valence-corrected chi connectivity index (χ0v) is 11.9. The van der Waals surface area contributed by atoms with Gasteiger partial charge in [-0.05, 0) is 51.1 Å². The van der Waals surface area contributed by atoms with E-state index < -0.39 is 8.32 Å². The second-order valence-corrected chi connectivity index (χ2v) is 11.2. The first kappa shape index (κ1) is 12.6. The molecule has 0 aromatic carbocycles. The third-order valence-electron chi connectivity index (χ3n) is 2.51. The normalized spacial score (nSPS) is 22.3. The fraction of sp³-hybridized carbons (Fsp3) is 1.00. The van der Waals surface area contributed by atoms with Crippen molar-refractivity contribution in [3.8, 4) is 0 Å². The van der Waals surface area contributed by atoms with E-state index in [0.29, 0.717) is 0 Å². The van der Waals surface area contributed by atoms with E-state index in [1.54, 1.807) is 0 Å². The average Bonchev–Trinajstić information content (AvgIpc) is 2.02. The van der Waals surface area contributed by atoms with Crippen molar-refractivity contribution >= 4 is 20.1 Å². The van der Waals surface area contributed by atoms with Gasteiger partial charge in [0, 0.05) is 0 Å². The Bertz CT molecular complexity index is 165. The summed E-state index contributed by atoms with van der Waals surface area (Å²) in [5.74, 6) is 1.18. The molecule has 0 aromatic heterocycles. The van der Waals surface area contributed by atoms with Crippen LogP contribution in [0.15, 0.2) is 0 Å². The highest BCUT2D eigenvalue weighted by Crippen LogP contribution is 2.42. The van der Waals surface area contributed by atoms with Crippen LogP contribution < -0.4 is 0 Å². The molecule has 1 saturated carbocycles. The zero-order valence-electron chi connectivity index (χ0n) is 10.1. The smallest absolute Gasteiger partial charge is 0.185 e. The summed E-state index contributed by atoms with van der Waals surface area (Å²) < 4.78 is 6.41. The molecule has 1 nitrogen and oxygen atoms in total. The van der Waals surface area contributed by atoms with Crippen LogP contribution in [0.25, 0.3) is 0 Å². The largest absolute Gasteiger partial charge is 0.403 e. The Labute approximate surface area is 94.1 Å². The van der Waals surface area contributed by atoms with Crippen LogP contribution in [0.1, 0.15) is 39.0 Å². The Kier molecular flexibility index (Phi) is 4.53. The van der Waals surface area contributed by atoms with Crippen molar-refractivity contribution in [2.45, 2.75) is 63.6 Å². The second kappa shape index (κ2) is 5.04. The van der Waals surface area contributed by atoms with Gasteiger partial charge in [-0.2, -0.15) is 0 Å². The van der Waals surface area contributed by atoms with Crippen molar-refractivity contribution in [2.75, 3.05) is 5.75 Å². The molecular weight excluding hydrogens is 208 g/mol. The van der Waals surface area contributed by atoms with Gasteiger partial charge in [0.2, 0.25) is 0 Å². The molecule has 0 spiro atoms. The maximum atomic E-state index is 6.41. The highest BCUT2D eigenvalue weighted by molar-refractivity contribution is 8.00. The Morgan fingerprint density at radius 3 is 2.14 bits per heavy atom. The van der Waals surface area contributed by atoms with Gasteiger partial charge in [-0.3, -0.25) is 0 Å². The van der Waals surface area contributed by atoms with Gasteiger partial charge in [-0.1, -0.05) is 13.3 Å². The van der Waals surface area contributed by atoms with Gasteiger partial charge in [0.1, 0.15) is 4.93 Å². The van der Waals surface area contributed by atoms with Gasteiger partial charge in [-0.15, -0.1) is 11.8 Å². The Balaban J connectivity index is 2.60. The van der Waals surface area contributed by atoms with Gasteiger partial charge < -0.3 is 4.43 Å². The van der Waals surface area contributed by atoms with E-state index in [-0.39, 0.29) is 4.93 Å². The summed E-state index contributed by atoms with van der Waals surface area (Å²) in [6.45, 7) is 9.16. The van der Waals surface area contributed by atoms with Crippen molar-refractivity contribution < 1.29 is 4.43 Å². The molecule has 0 unspecified atom stereocenters. The molecule has 0 radical (unpaired) electrons. The van der Waals surface area contributed by atoms with E-state index in [4.69, 9.17) is 4.43 Å². The molecule has 0 aromatic rings. The van der Waals surface area contributed by atoms with Crippen molar-refractivity contribution in [3.05, 3.63) is 0 Å². The lowest BCUT2D eigenvalue weighted by molar-refractivity contribution is 0.113. The quantitative estimate of drug-likeness (QED) is 0.529. The van der Waals surface area contributed by atoms with E-state index in [1.165, 1.54) is 37.9 Å². The lowest BCUT2D eigenvalue weighted by Gasteiger charge is -2.41. The van der Waals surface area contributed by atoms with Crippen LogP contribution in [0.3, 0.4) is 0 Å². The van der Waals surface area contributed by atoms with Crippen LogP contribution in [-0.2, 0) is 4.43 Å². The highest BCUT2D eigenvalue weighted by atomic mass is 32.2. The first-order valence-corrected chi connectivity index (χ1v) is 10.2. The molecule has 14 heavy (non-hydrogen) atoms. The first-order chi connectivity index (χ1) is 6.47. The maximum Gasteiger partial charge on any atom is 0.185 e. The van der Waals surface area contributed by atoms with Gasteiger partial charge in [0.05, 0.1) is 0 Å². The average molecular weight is 232 g/mol. The molecule has 0 saturated heterocycles. The van der Waals surface area contributed by atoms with Crippen LogP contribution in [0.4, 0.5) is 0 Å². The fourth-order valence-corrected chi connectivity index (χ4v) is 5.60. The topological polar surface area (TPSA) is 9.23 Å². The van der Waals surface area contributed by atoms with Gasteiger partial charge in [0.25, 0.3) is 0 Å². The van der Waals surface area contributed by atoms with Crippen LogP contribution in [0.2, 0.25) is 19.6 Å². The molecule has 0 aliphatic heterocycles. The van der Waals surface area contributed by atoms with E-state index in [9.17, 15) is 0 Å². The summed E-state index contributed by atoms with van der Waals surface area (Å²) in [6.07, 6.45) is 6.67. The van der Waals surface area contributed by atoms with Crippen molar-refractivity contribution in [2.24, 2.45) is 0 Å². The molecule has 1 fully saturated rings. The molecule has 3 heteroatoms. The van der Waals surface area contributed by atoms with E-state index in [2.05, 4.69) is 26.6 Å². The zero-order chi connectivity index (χ0) is 10.7. The van der Waals surface area contributed by atoms with Crippen molar-refractivity contribution in [1.82, 2.24) is 0 Å². The summed E-state index contributed by atoms with van der Waals surface area (Å²) >= 11 is 2.04. The maximum absolute atomic E-state index is 6.41. The summed E-state index contributed by atoms with van der Waals surface area (Å²) in [5, 5.41) is 0. The molecule has 0 amide bonds. The minimum Gasteiger partial charge on any atom is -0.403 e. The molecule has 1 rings (SSSR count). The lowest BCUT2D eigenvalue weighted by Crippen LogP contribution is -2.41. The van der Waals surface area contributed by atoms with Crippen LogP contribution in [0.5, 0.6) is 0 Å². The Hall–Kier alpha value is 0.527. The van der Waals surface area contributed by atoms with Gasteiger partial charge >= 0.3 is 0 Å². The number of rotatable bonds is 4. The summed E-state index contributed by atoms with van der Waals surface area (Å²) in [6, 6.07) is 0.